The SMILES string of the molecule is CC(C)CNC(=O)NC(=O)C(C)N(C)CCOc1ccccc1F. The van der Waals surface area contributed by atoms with E-state index < -0.39 is 23.8 Å². The van der Waals surface area contributed by atoms with Gasteiger partial charge in [-0.05, 0) is 32.0 Å². The molecule has 0 aliphatic carbocycles. The molecule has 1 rings (SSSR count). The van der Waals surface area contributed by atoms with Crippen LogP contribution in [-0.2, 0) is 4.79 Å². The van der Waals surface area contributed by atoms with Crippen LogP contribution in [0.2, 0.25) is 0 Å². The minimum absolute atomic E-state index is 0.177. The molecule has 0 aliphatic heterocycles. The monoisotopic (exact) mass is 339 g/mol. The van der Waals surface area contributed by atoms with Crippen LogP contribution >= 0.6 is 0 Å². The fourth-order valence-corrected chi connectivity index (χ4v) is 1.81. The van der Waals surface area contributed by atoms with Gasteiger partial charge in [-0.1, -0.05) is 26.0 Å². The summed E-state index contributed by atoms with van der Waals surface area (Å²) in [6, 6.07) is 5.13. The van der Waals surface area contributed by atoms with E-state index >= 15 is 0 Å². The van der Waals surface area contributed by atoms with E-state index in [1.165, 1.54) is 6.07 Å². The number of carbonyl (C=O) groups excluding carboxylic acids is 2. The van der Waals surface area contributed by atoms with Gasteiger partial charge in [0.05, 0.1) is 6.04 Å². The van der Waals surface area contributed by atoms with Crippen LogP contribution in [0.15, 0.2) is 24.3 Å². The smallest absolute Gasteiger partial charge is 0.321 e. The zero-order valence-electron chi connectivity index (χ0n) is 14.6. The number of ether oxygens (including phenoxy) is 1. The zero-order chi connectivity index (χ0) is 18.1. The maximum absolute atomic E-state index is 13.4. The number of carbonyl (C=O) groups is 2. The van der Waals surface area contributed by atoms with Crippen molar-refractivity contribution in [3.05, 3.63) is 30.1 Å². The summed E-state index contributed by atoms with van der Waals surface area (Å²) in [7, 11) is 1.74. The lowest BCUT2D eigenvalue weighted by Gasteiger charge is -2.23. The maximum atomic E-state index is 13.4. The second kappa shape index (κ2) is 9.87. The van der Waals surface area contributed by atoms with Crippen LogP contribution in [0.25, 0.3) is 0 Å². The number of hydrogen-bond acceptors (Lipinski definition) is 4. The Morgan fingerprint density at radius 1 is 1.25 bits per heavy atom. The summed E-state index contributed by atoms with van der Waals surface area (Å²) >= 11 is 0. The van der Waals surface area contributed by atoms with Crippen molar-refractivity contribution in [1.29, 1.82) is 0 Å². The average molecular weight is 339 g/mol. The fourth-order valence-electron chi connectivity index (χ4n) is 1.81. The third-order valence-corrected chi connectivity index (χ3v) is 3.49. The summed E-state index contributed by atoms with van der Waals surface area (Å²) < 4.78 is 18.8. The number of rotatable bonds is 8. The number of nitrogens with one attached hydrogen (secondary N) is 2. The number of amides is 3. The molecular weight excluding hydrogens is 313 g/mol. The van der Waals surface area contributed by atoms with Crippen LogP contribution < -0.4 is 15.4 Å². The molecule has 0 fully saturated rings. The topological polar surface area (TPSA) is 70.7 Å². The predicted octanol–water partition coefficient (Wildman–Crippen LogP) is 2.01. The molecular formula is C17H26FN3O3. The van der Waals surface area contributed by atoms with Crippen LogP contribution in [0.5, 0.6) is 5.75 Å². The van der Waals surface area contributed by atoms with Crippen LogP contribution in [0, 0.1) is 11.7 Å². The lowest BCUT2D eigenvalue weighted by molar-refractivity contribution is -0.124. The molecule has 0 saturated heterocycles. The predicted molar refractivity (Wildman–Crippen MR) is 90.4 cm³/mol. The van der Waals surface area contributed by atoms with E-state index in [2.05, 4.69) is 10.6 Å². The fraction of sp³-hybridized carbons (Fsp3) is 0.529. The molecule has 0 heterocycles. The second-order valence-corrected chi connectivity index (χ2v) is 6.03. The average Bonchev–Trinajstić information content (AvgIpc) is 2.53. The van der Waals surface area contributed by atoms with Gasteiger partial charge in [-0.2, -0.15) is 0 Å². The van der Waals surface area contributed by atoms with Gasteiger partial charge in [0.2, 0.25) is 5.91 Å². The van der Waals surface area contributed by atoms with Crippen molar-refractivity contribution in [2.45, 2.75) is 26.8 Å². The van der Waals surface area contributed by atoms with Crippen LogP contribution in [0.4, 0.5) is 9.18 Å². The van der Waals surface area contributed by atoms with Gasteiger partial charge in [0.25, 0.3) is 0 Å². The van der Waals surface area contributed by atoms with E-state index in [1.807, 2.05) is 13.8 Å². The molecule has 2 N–H and O–H groups in total. The highest BCUT2D eigenvalue weighted by atomic mass is 19.1. The molecule has 0 spiro atoms. The van der Waals surface area contributed by atoms with Gasteiger partial charge >= 0.3 is 6.03 Å². The number of benzene rings is 1. The molecule has 1 atom stereocenters. The van der Waals surface area contributed by atoms with Crippen LogP contribution in [-0.4, -0.2) is 49.6 Å². The molecule has 134 valence electrons. The van der Waals surface area contributed by atoms with Crippen LogP contribution in [0.3, 0.4) is 0 Å². The first-order valence-electron chi connectivity index (χ1n) is 7.97. The highest BCUT2D eigenvalue weighted by Gasteiger charge is 2.20. The quantitative estimate of drug-likeness (QED) is 0.760. The summed E-state index contributed by atoms with van der Waals surface area (Å²) in [5.74, 6) is -0.338. The molecule has 24 heavy (non-hydrogen) atoms. The Kier molecular flexibility index (Phi) is 8.18. The largest absolute Gasteiger partial charge is 0.489 e. The molecule has 7 heteroatoms. The van der Waals surface area contributed by atoms with E-state index in [1.54, 1.807) is 37.1 Å². The molecule has 0 bridgehead atoms. The van der Waals surface area contributed by atoms with E-state index in [9.17, 15) is 14.0 Å². The zero-order valence-corrected chi connectivity index (χ0v) is 14.6. The Balaban J connectivity index is 2.35. The summed E-state index contributed by atoms with van der Waals surface area (Å²) in [5, 5.41) is 4.92. The van der Waals surface area contributed by atoms with Gasteiger partial charge in [0, 0.05) is 13.1 Å². The number of halogens is 1. The molecule has 1 aromatic carbocycles. The van der Waals surface area contributed by atoms with Gasteiger partial charge in [-0.3, -0.25) is 15.0 Å². The molecule has 0 saturated carbocycles. The molecule has 1 unspecified atom stereocenters. The van der Waals surface area contributed by atoms with Crippen LogP contribution in [0.1, 0.15) is 20.8 Å². The van der Waals surface area contributed by atoms with E-state index in [4.69, 9.17) is 4.74 Å². The first-order valence-corrected chi connectivity index (χ1v) is 7.97. The summed E-state index contributed by atoms with van der Waals surface area (Å²) in [6.45, 7) is 6.77. The number of para-hydroxylation sites is 1. The standard InChI is InChI=1S/C17H26FN3O3/c1-12(2)11-19-17(23)20-16(22)13(3)21(4)9-10-24-15-8-6-5-7-14(15)18/h5-8,12-13H,9-11H2,1-4H3,(H2,19,20,22,23). The van der Waals surface area contributed by atoms with E-state index in [0.29, 0.717) is 19.0 Å². The highest BCUT2D eigenvalue weighted by Crippen LogP contribution is 2.15. The first-order chi connectivity index (χ1) is 11.3. The Hall–Kier alpha value is -2.15. The Bertz CT molecular complexity index is 552. The summed E-state index contributed by atoms with van der Waals surface area (Å²) in [5.41, 5.74) is 0. The normalized spacial score (nSPS) is 12.1. The van der Waals surface area contributed by atoms with Crippen molar-refractivity contribution in [1.82, 2.24) is 15.5 Å². The van der Waals surface area contributed by atoms with Crippen molar-refractivity contribution >= 4 is 11.9 Å². The van der Waals surface area contributed by atoms with E-state index in [0.717, 1.165) is 0 Å². The van der Waals surface area contributed by atoms with Crippen molar-refractivity contribution in [2.75, 3.05) is 26.7 Å². The van der Waals surface area contributed by atoms with Crippen molar-refractivity contribution < 1.29 is 18.7 Å². The number of urea groups is 1. The third kappa shape index (κ3) is 6.95. The first kappa shape index (κ1) is 19.9. The molecule has 3 amide bonds. The third-order valence-electron chi connectivity index (χ3n) is 3.49. The lowest BCUT2D eigenvalue weighted by Crippen LogP contribution is -2.49. The molecule has 0 aliphatic rings. The number of imide groups is 1. The second-order valence-electron chi connectivity index (χ2n) is 6.03. The number of nitrogens with zero attached hydrogens (tertiary/aromatic N) is 1. The van der Waals surface area contributed by atoms with E-state index in [-0.39, 0.29) is 12.4 Å². The molecule has 1 aromatic rings. The summed E-state index contributed by atoms with van der Waals surface area (Å²) in [4.78, 5) is 25.3. The minimum Gasteiger partial charge on any atom is -0.489 e. The number of hydrogen-bond donors (Lipinski definition) is 2. The van der Waals surface area contributed by atoms with Gasteiger partial charge in [0.1, 0.15) is 6.61 Å². The molecule has 6 nitrogen and oxygen atoms in total. The van der Waals surface area contributed by atoms with Crippen molar-refractivity contribution in [2.24, 2.45) is 5.92 Å². The lowest BCUT2D eigenvalue weighted by atomic mass is 10.2. The molecule has 0 radical (unpaired) electrons. The number of likely N-dealkylation sites (N-methyl/N-ethyl adjacent to an activating group) is 1. The summed E-state index contributed by atoms with van der Waals surface area (Å²) in [6.07, 6.45) is 0. The van der Waals surface area contributed by atoms with Gasteiger partial charge in [0.15, 0.2) is 11.6 Å². The van der Waals surface area contributed by atoms with Crippen molar-refractivity contribution in [3.63, 3.8) is 0 Å². The Labute approximate surface area is 142 Å². The van der Waals surface area contributed by atoms with Gasteiger partial charge in [-0.15, -0.1) is 0 Å². The Morgan fingerprint density at radius 2 is 1.92 bits per heavy atom. The van der Waals surface area contributed by atoms with Gasteiger partial charge in [-0.25, -0.2) is 9.18 Å². The van der Waals surface area contributed by atoms with Gasteiger partial charge < -0.3 is 10.1 Å². The minimum atomic E-state index is -0.515. The van der Waals surface area contributed by atoms with Crippen molar-refractivity contribution in [3.8, 4) is 5.75 Å². The molecule has 0 aromatic heterocycles. The maximum Gasteiger partial charge on any atom is 0.321 e. The Morgan fingerprint density at radius 3 is 2.54 bits per heavy atom. The highest BCUT2D eigenvalue weighted by molar-refractivity contribution is 5.96.